The first-order chi connectivity index (χ1) is 14.5. The molecule has 1 amide bonds. The monoisotopic (exact) mass is 404 g/mol. The molecule has 0 spiro atoms. The standard InChI is InChI=1S/C24H25FN4O/c1-16-5-10-21(14-17(16)2)27-24(30)19-4-3-13-29(15-19)22-11-12-26-23(28-22)18-6-8-20(25)9-7-18/h5-12,14,19H,3-4,13,15H2,1-2H3,(H,27,30). The summed E-state index contributed by atoms with van der Waals surface area (Å²) in [5.74, 6) is 0.978. The minimum Gasteiger partial charge on any atom is -0.356 e. The lowest BCUT2D eigenvalue weighted by Gasteiger charge is -2.33. The molecule has 3 aromatic rings. The summed E-state index contributed by atoms with van der Waals surface area (Å²) in [6.45, 7) is 5.55. The molecule has 1 aliphatic rings. The maximum Gasteiger partial charge on any atom is 0.229 e. The van der Waals surface area contributed by atoms with E-state index in [0.717, 1.165) is 42.0 Å². The lowest BCUT2D eigenvalue weighted by Crippen LogP contribution is -2.41. The number of benzene rings is 2. The van der Waals surface area contributed by atoms with Crippen molar-refractivity contribution in [1.29, 1.82) is 0 Å². The Labute approximate surface area is 176 Å². The van der Waals surface area contributed by atoms with Crippen molar-refractivity contribution in [3.8, 4) is 11.4 Å². The van der Waals surface area contributed by atoms with Crippen LogP contribution in [0, 0.1) is 25.6 Å². The molecule has 1 unspecified atom stereocenters. The van der Waals surface area contributed by atoms with E-state index in [0.29, 0.717) is 12.4 Å². The molecule has 4 rings (SSSR count). The van der Waals surface area contributed by atoms with Crippen LogP contribution in [0.15, 0.2) is 54.7 Å². The van der Waals surface area contributed by atoms with Crippen molar-refractivity contribution in [3.05, 3.63) is 71.7 Å². The summed E-state index contributed by atoms with van der Waals surface area (Å²) in [6, 6.07) is 14.0. The molecule has 1 saturated heterocycles. The van der Waals surface area contributed by atoms with E-state index in [-0.39, 0.29) is 17.6 Å². The molecule has 1 fully saturated rings. The number of piperidine rings is 1. The number of rotatable bonds is 4. The van der Waals surface area contributed by atoms with Crippen LogP contribution in [0.3, 0.4) is 0 Å². The summed E-state index contributed by atoms with van der Waals surface area (Å²) in [5.41, 5.74) is 3.96. The number of anilines is 2. The first kappa shape index (κ1) is 20.0. The van der Waals surface area contributed by atoms with Crippen LogP contribution in [-0.4, -0.2) is 29.0 Å². The SMILES string of the molecule is Cc1ccc(NC(=O)C2CCCN(c3ccnc(-c4ccc(F)cc4)n3)C2)cc1C. The smallest absolute Gasteiger partial charge is 0.229 e. The Bertz CT molecular complexity index is 1050. The van der Waals surface area contributed by atoms with Gasteiger partial charge < -0.3 is 10.2 Å². The number of hydrogen-bond donors (Lipinski definition) is 1. The molecule has 1 atom stereocenters. The Morgan fingerprint density at radius 3 is 2.67 bits per heavy atom. The van der Waals surface area contributed by atoms with Gasteiger partial charge in [0.15, 0.2) is 5.82 Å². The van der Waals surface area contributed by atoms with E-state index >= 15 is 0 Å². The zero-order chi connectivity index (χ0) is 21.1. The summed E-state index contributed by atoms with van der Waals surface area (Å²) in [4.78, 5) is 24.0. The Hall–Kier alpha value is -3.28. The highest BCUT2D eigenvalue weighted by Crippen LogP contribution is 2.25. The van der Waals surface area contributed by atoms with E-state index in [2.05, 4.69) is 27.1 Å². The maximum atomic E-state index is 13.2. The highest BCUT2D eigenvalue weighted by Gasteiger charge is 2.27. The predicted octanol–water partition coefficient (Wildman–Crippen LogP) is 4.75. The van der Waals surface area contributed by atoms with Crippen molar-refractivity contribution in [2.45, 2.75) is 26.7 Å². The lowest BCUT2D eigenvalue weighted by atomic mass is 9.97. The van der Waals surface area contributed by atoms with E-state index in [1.807, 2.05) is 31.2 Å². The Morgan fingerprint density at radius 2 is 1.90 bits per heavy atom. The Balaban J connectivity index is 1.47. The molecular formula is C24H25FN4O. The summed E-state index contributed by atoms with van der Waals surface area (Å²) >= 11 is 0. The number of hydrogen-bond acceptors (Lipinski definition) is 4. The number of carbonyl (C=O) groups is 1. The minimum atomic E-state index is -0.288. The fourth-order valence-corrected chi connectivity index (χ4v) is 3.73. The van der Waals surface area contributed by atoms with E-state index in [1.165, 1.54) is 17.7 Å². The van der Waals surface area contributed by atoms with Crippen LogP contribution in [0.4, 0.5) is 15.9 Å². The largest absolute Gasteiger partial charge is 0.356 e. The lowest BCUT2D eigenvalue weighted by molar-refractivity contribution is -0.120. The van der Waals surface area contributed by atoms with Gasteiger partial charge in [-0.05, 0) is 80.3 Å². The third kappa shape index (κ3) is 4.48. The third-order valence-corrected chi connectivity index (χ3v) is 5.63. The summed E-state index contributed by atoms with van der Waals surface area (Å²) < 4.78 is 13.2. The summed E-state index contributed by atoms with van der Waals surface area (Å²) in [5, 5.41) is 3.06. The van der Waals surface area contributed by atoms with Gasteiger partial charge in [0.25, 0.3) is 0 Å². The first-order valence-corrected chi connectivity index (χ1v) is 10.2. The van der Waals surface area contributed by atoms with Gasteiger partial charge in [-0.1, -0.05) is 6.07 Å². The normalized spacial score (nSPS) is 16.4. The van der Waals surface area contributed by atoms with E-state index in [1.54, 1.807) is 18.3 Å². The molecule has 2 aromatic carbocycles. The zero-order valence-corrected chi connectivity index (χ0v) is 17.2. The molecule has 6 heteroatoms. The van der Waals surface area contributed by atoms with Gasteiger partial charge in [0.2, 0.25) is 5.91 Å². The van der Waals surface area contributed by atoms with Gasteiger partial charge in [-0.3, -0.25) is 4.79 Å². The van der Waals surface area contributed by atoms with Gasteiger partial charge in [0.1, 0.15) is 11.6 Å². The molecule has 0 radical (unpaired) electrons. The molecule has 0 aliphatic carbocycles. The number of halogens is 1. The van der Waals surface area contributed by atoms with Crippen LogP contribution in [0.2, 0.25) is 0 Å². The molecule has 0 saturated carbocycles. The van der Waals surface area contributed by atoms with Crippen LogP contribution in [0.5, 0.6) is 0 Å². The van der Waals surface area contributed by atoms with Gasteiger partial charge in [0.05, 0.1) is 5.92 Å². The molecule has 30 heavy (non-hydrogen) atoms. The molecule has 0 bridgehead atoms. The van der Waals surface area contributed by atoms with Gasteiger partial charge in [-0.15, -0.1) is 0 Å². The van der Waals surface area contributed by atoms with Gasteiger partial charge in [-0.25, -0.2) is 14.4 Å². The Kier molecular flexibility index (Phi) is 5.74. The first-order valence-electron chi connectivity index (χ1n) is 10.2. The summed E-state index contributed by atoms with van der Waals surface area (Å²) in [6.07, 6.45) is 3.48. The van der Waals surface area contributed by atoms with Crippen molar-refractivity contribution in [2.75, 3.05) is 23.3 Å². The van der Waals surface area contributed by atoms with Crippen molar-refractivity contribution in [2.24, 2.45) is 5.92 Å². The average Bonchev–Trinajstić information content (AvgIpc) is 2.77. The van der Waals surface area contributed by atoms with Crippen LogP contribution in [-0.2, 0) is 4.79 Å². The molecule has 5 nitrogen and oxygen atoms in total. The summed E-state index contributed by atoms with van der Waals surface area (Å²) in [7, 11) is 0. The minimum absolute atomic E-state index is 0.0377. The number of nitrogens with one attached hydrogen (secondary N) is 1. The number of aromatic nitrogens is 2. The molecule has 2 heterocycles. The van der Waals surface area contributed by atoms with Crippen LogP contribution >= 0.6 is 0 Å². The van der Waals surface area contributed by atoms with Crippen molar-refractivity contribution < 1.29 is 9.18 Å². The molecule has 1 aromatic heterocycles. The zero-order valence-electron chi connectivity index (χ0n) is 17.2. The van der Waals surface area contributed by atoms with Crippen LogP contribution in [0.1, 0.15) is 24.0 Å². The van der Waals surface area contributed by atoms with E-state index < -0.39 is 0 Å². The maximum absolute atomic E-state index is 13.2. The number of carbonyl (C=O) groups excluding carboxylic acids is 1. The van der Waals surface area contributed by atoms with Crippen molar-refractivity contribution >= 4 is 17.4 Å². The number of amides is 1. The fourth-order valence-electron chi connectivity index (χ4n) is 3.73. The second-order valence-corrected chi connectivity index (χ2v) is 7.82. The predicted molar refractivity (Wildman–Crippen MR) is 117 cm³/mol. The van der Waals surface area contributed by atoms with Crippen molar-refractivity contribution in [1.82, 2.24) is 9.97 Å². The number of aryl methyl sites for hydroxylation is 2. The molecule has 154 valence electrons. The number of nitrogens with zero attached hydrogens (tertiary/aromatic N) is 3. The molecule has 1 N–H and O–H groups in total. The fraction of sp³-hybridized carbons (Fsp3) is 0.292. The van der Waals surface area contributed by atoms with E-state index in [9.17, 15) is 9.18 Å². The topological polar surface area (TPSA) is 58.1 Å². The molecule has 1 aliphatic heterocycles. The quantitative estimate of drug-likeness (QED) is 0.681. The average molecular weight is 404 g/mol. The van der Waals surface area contributed by atoms with Crippen molar-refractivity contribution in [3.63, 3.8) is 0 Å². The molecular weight excluding hydrogens is 379 g/mol. The Morgan fingerprint density at radius 1 is 1.10 bits per heavy atom. The highest BCUT2D eigenvalue weighted by atomic mass is 19.1. The van der Waals surface area contributed by atoms with E-state index in [4.69, 9.17) is 0 Å². The van der Waals surface area contributed by atoms with Gasteiger partial charge >= 0.3 is 0 Å². The second kappa shape index (κ2) is 8.61. The van der Waals surface area contributed by atoms with Gasteiger partial charge in [0, 0.05) is 30.5 Å². The third-order valence-electron chi connectivity index (χ3n) is 5.63. The van der Waals surface area contributed by atoms with Crippen LogP contribution < -0.4 is 10.2 Å². The van der Waals surface area contributed by atoms with Crippen LogP contribution in [0.25, 0.3) is 11.4 Å². The van der Waals surface area contributed by atoms with Gasteiger partial charge in [-0.2, -0.15) is 0 Å². The second-order valence-electron chi connectivity index (χ2n) is 7.82. The highest BCUT2D eigenvalue weighted by molar-refractivity contribution is 5.93.